The van der Waals surface area contributed by atoms with Crippen LogP contribution in [0.2, 0.25) is 0 Å². The lowest BCUT2D eigenvalue weighted by Gasteiger charge is -2.18. The highest BCUT2D eigenvalue weighted by Gasteiger charge is 2.30. The SMILES string of the molecule is CSC1CCCC1NS(=O)(=O)c1csc(CN)c1. The van der Waals surface area contributed by atoms with Crippen molar-refractivity contribution in [1.29, 1.82) is 0 Å². The van der Waals surface area contributed by atoms with Crippen molar-refractivity contribution in [3.8, 4) is 0 Å². The van der Waals surface area contributed by atoms with Gasteiger partial charge in [0.15, 0.2) is 0 Å². The molecule has 0 spiro atoms. The molecular weight excluding hydrogens is 288 g/mol. The lowest BCUT2D eigenvalue weighted by Crippen LogP contribution is -2.38. The summed E-state index contributed by atoms with van der Waals surface area (Å²) in [6, 6.07) is 1.72. The molecule has 2 atom stereocenters. The summed E-state index contributed by atoms with van der Waals surface area (Å²) in [5, 5.41) is 2.06. The first kappa shape index (κ1) is 14.3. The Kier molecular flexibility index (Phi) is 4.71. The van der Waals surface area contributed by atoms with E-state index in [0.29, 0.717) is 16.7 Å². The highest BCUT2D eigenvalue weighted by atomic mass is 32.2. The van der Waals surface area contributed by atoms with Gasteiger partial charge < -0.3 is 5.73 Å². The zero-order chi connectivity index (χ0) is 13.2. The highest BCUT2D eigenvalue weighted by molar-refractivity contribution is 7.99. The summed E-state index contributed by atoms with van der Waals surface area (Å²) < 4.78 is 27.3. The van der Waals surface area contributed by atoms with Crippen molar-refractivity contribution in [2.24, 2.45) is 5.73 Å². The van der Waals surface area contributed by atoms with E-state index in [4.69, 9.17) is 5.73 Å². The molecule has 1 aromatic rings. The first-order valence-electron chi connectivity index (χ1n) is 5.89. The Bertz CT molecular complexity index is 498. The Morgan fingerprint density at radius 1 is 1.56 bits per heavy atom. The number of rotatable bonds is 5. The van der Waals surface area contributed by atoms with Gasteiger partial charge in [-0.2, -0.15) is 11.8 Å². The molecule has 2 unspecified atom stereocenters. The number of thioether (sulfide) groups is 1. The second kappa shape index (κ2) is 5.92. The van der Waals surface area contributed by atoms with Gasteiger partial charge in [0.25, 0.3) is 0 Å². The maximum absolute atomic E-state index is 12.2. The van der Waals surface area contributed by atoms with Gasteiger partial charge in [-0.15, -0.1) is 11.3 Å². The van der Waals surface area contributed by atoms with E-state index in [-0.39, 0.29) is 6.04 Å². The van der Waals surface area contributed by atoms with Gasteiger partial charge in [0.05, 0.1) is 4.90 Å². The Balaban J connectivity index is 2.11. The van der Waals surface area contributed by atoms with Crippen molar-refractivity contribution in [2.75, 3.05) is 6.26 Å². The Morgan fingerprint density at radius 3 is 2.94 bits per heavy atom. The van der Waals surface area contributed by atoms with E-state index in [1.165, 1.54) is 11.3 Å². The first-order chi connectivity index (χ1) is 8.56. The van der Waals surface area contributed by atoms with Gasteiger partial charge >= 0.3 is 0 Å². The molecule has 0 amide bonds. The normalized spacial score (nSPS) is 24.6. The van der Waals surface area contributed by atoms with Crippen LogP contribution in [0.4, 0.5) is 0 Å². The van der Waals surface area contributed by atoms with Crippen LogP contribution in [-0.2, 0) is 16.6 Å². The fourth-order valence-corrected chi connectivity index (χ4v) is 5.71. The molecule has 2 rings (SSSR count). The number of hydrogen-bond acceptors (Lipinski definition) is 5. The fraction of sp³-hybridized carbons (Fsp3) is 0.636. The van der Waals surface area contributed by atoms with Crippen molar-refractivity contribution in [3.63, 3.8) is 0 Å². The molecule has 7 heteroatoms. The maximum atomic E-state index is 12.2. The molecule has 102 valence electrons. The Labute approximate surface area is 116 Å². The van der Waals surface area contributed by atoms with Gasteiger partial charge in [-0.1, -0.05) is 6.42 Å². The summed E-state index contributed by atoms with van der Waals surface area (Å²) in [5.41, 5.74) is 5.51. The van der Waals surface area contributed by atoms with Crippen LogP contribution in [0.3, 0.4) is 0 Å². The van der Waals surface area contributed by atoms with Crippen LogP contribution in [0.25, 0.3) is 0 Å². The van der Waals surface area contributed by atoms with Gasteiger partial charge in [-0.3, -0.25) is 0 Å². The zero-order valence-corrected chi connectivity index (χ0v) is 12.7. The largest absolute Gasteiger partial charge is 0.326 e. The monoisotopic (exact) mass is 306 g/mol. The molecule has 0 bridgehead atoms. The van der Waals surface area contributed by atoms with Crippen molar-refractivity contribution < 1.29 is 8.42 Å². The predicted molar refractivity (Wildman–Crippen MR) is 77.5 cm³/mol. The van der Waals surface area contributed by atoms with Crippen LogP contribution in [-0.4, -0.2) is 26.0 Å². The summed E-state index contributed by atoms with van der Waals surface area (Å²) in [5.74, 6) is 0. The topological polar surface area (TPSA) is 72.2 Å². The van der Waals surface area contributed by atoms with Crippen LogP contribution < -0.4 is 10.5 Å². The van der Waals surface area contributed by atoms with E-state index >= 15 is 0 Å². The van der Waals surface area contributed by atoms with Crippen LogP contribution in [0, 0.1) is 0 Å². The quantitative estimate of drug-likeness (QED) is 0.869. The molecule has 18 heavy (non-hydrogen) atoms. The van der Waals surface area contributed by atoms with E-state index in [1.54, 1.807) is 23.2 Å². The van der Waals surface area contributed by atoms with Crippen molar-refractivity contribution in [1.82, 2.24) is 4.72 Å². The zero-order valence-electron chi connectivity index (χ0n) is 10.3. The molecule has 1 heterocycles. The summed E-state index contributed by atoms with van der Waals surface area (Å²) >= 11 is 3.13. The molecule has 0 saturated heterocycles. The van der Waals surface area contributed by atoms with E-state index in [2.05, 4.69) is 4.72 Å². The third-order valence-corrected chi connectivity index (χ3v) is 6.95. The minimum absolute atomic E-state index is 0.0613. The molecule has 0 radical (unpaired) electrons. The summed E-state index contributed by atoms with van der Waals surface area (Å²) in [6.07, 6.45) is 5.15. The molecule has 1 aliphatic carbocycles. The Morgan fingerprint density at radius 2 is 2.33 bits per heavy atom. The number of nitrogens with two attached hydrogens (primary N) is 1. The summed E-state index contributed by atoms with van der Waals surface area (Å²) in [4.78, 5) is 1.24. The van der Waals surface area contributed by atoms with Gasteiger partial charge in [-0.05, 0) is 25.2 Å². The molecular formula is C11H18N2O2S3. The van der Waals surface area contributed by atoms with Crippen LogP contribution >= 0.6 is 23.1 Å². The van der Waals surface area contributed by atoms with E-state index < -0.39 is 10.0 Å². The molecule has 4 nitrogen and oxygen atoms in total. The number of thiophene rings is 1. The molecule has 1 fully saturated rings. The number of nitrogens with one attached hydrogen (secondary N) is 1. The number of sulfonamides is 1. The molecule has 3 N–H and O–H groups in total. The second-order valence-corrected chi connectivity index (χ2v) is 8.17. The smallest absolute Gasteiger partial charge is 0.241 e. The molecule has 1 aromatic heterocycles. The van der Waals surface area contributed by atoms with E-state index in [0.717, 1.165) is 24.1 Å². The fourth-order valence-electron chi connectivity index (χ4n) is 2.22. The van der Waals surface area contributed by atoms with Gasteiger partial charge in [0.2, 0.25) is 10.0 Å². The van der Waals surface area contributed by atoms with E-state index in [1.807, 2.05) is 6.26 Å². The molecule has 1 aliphatic rings. The third-order valence-electron chi connectivity index (χ3n) is 3.20. The number of hydrogen-bond donors (Lipinski definition) is 2. The predicted octanol–water partition coefficient (Wildman–Crippen LogP) is 1.77. The van der Waals surface area contributed by atoms with Crippen LogP contribution in [0.15, 0.2) is 16.3 Å². The average molecular weight is 306 g/mol. The van der Waals surface area contributed by atoms with Gasteiger partial charge in [0.1, 0.15) is 0 Å². The summed E-state index contributed by atoms with van der Waals surface area (Å²) in [6.45, 7) is 0.386. The standard InChI is InChI=1S/C11H18N2O2S3/c1-16-11-4-2-3-10(11)13-18(14,15)9-5-8(6-12)17-7-9/h5,7,10-11,13H,2-4,6,12H2,1H3. The Hall–Kier alpha value is -0.0800. The summed E-state index contributed by atoms with van der Waals surface area (Å²) in [7, 11) is -3.38. The highest BCUT2D eigenvalue weighted by Crippen LogP contribution is 2.30. The lowest BCUT2D eigenvalue weighted by atomic mass is 10.3. The van der Waals surface area contributed by atoms with Crippen molar-refractivity contribution in [3.05, 3.63) is 16.3 Å². The van der Waals surface area contributed by atoms with Crippen LogP contribution in [0.5, 0.6) is 0 Å². The third kappa shape index (κ3) is 3.08. The first-order valence-corrected chi connectivity index (χ1v) is 9.54. The second-order valence-electron chi connectivity index (χ2n) is 4.39. The molecule has 0 aromatic carbocycles. The minimum atomic E-state index is -3.38. The lowest BCUT2D eigenvalue weighted by molar-refractivity contribution is 0.555. The van der Waals surface area contributed by atoms with Crippen molar-refractivity contribution >= 4 is 33.1 Å². The van der Waals surface area contributed by atoms with Crippen molar-refractivity contribution in [2.45, 2.75) is 42.0 Å². The maximum Gasteiger partial charge on any atom is 0.241 e. The van der Waals surface area contributed by atoms with Gasteiger partial charge in [0, 0.05) is 28.1 Å². The minimum Gasteiger partial charge on any atom is -0.326 e. The average Bonchev–Trinajstić information content (AvgIpc) is 2.96. The van der Waals surface area contributed by atoms with Gasteiger partial charge in [-0.25, -0.2) is 13.1 Å². The van der Waals surface area contributed by atoms with Crippen LogP contribution in [0.1, 0.15) is 24.1 Å². The molecule has 0 aliphatic heterocycles. The molecule has 1 saturated carbocycles. The van der Waals surface area contributed by atoms with E-state index in [9.17, 15) is 8.42 Å².